The molecule has 0 aliphatic heterocycles. The second-order valence-electron chi connectivity index (χ2n) is 4.57. The number of carbonyl (C=O) groups is 2. The van der Waals surface area contributed by atoms with Gasteiger partial charge in [-0.1, -0.05) is 23.2 Å². The Morgan fingerprint density at radius 2 is 1.95 bits per heavy atom. The summed E-state index contributed by atoms with van der Waals surface area (Å²) in [4.78, 5) is 25.4. The SMILES string of the molecule is Cc1ccc(C(=O)O[C@@H](C)C(=O)Nc2ccc(Cl)cc2Cl)s1. The lowest BCUT2D eigenvalue weighted by atomic mass is 10.3. The maximum absolute atomic E-state index is 12.0. The predicted molar refractivity (Wildman–Crippen MR) is 89.0 cm³/mol. The Bertz CT molecular complexity index is 715. The van der Waals surface area contributed by atoms with Gasteiger partial charge in [0.2, 0.25) is 0 Å². The van der Waals surface area contributed by atoms with Gasteiger partial charge in [0.15, 0.2) is 6.10 Å². The minimum absolute atomic E-state index is 0.313. The number of hydrogen-bond donors (Lipinski definition) is 1. The van der Waals surface area contributed by atoms with E-state index in [4.69, 9.17) is 27.9 Å². The molecule has 0 aliphatic rings. The van der Waals surface area contributed by atoms with Crippen molar-refractivity contribution in [3.63, 3.8) is 0 Å². The van der Waals surface area contributed by atoms with Crippen LogP contribution in [0.3, 0.4) is 0 Å². The first-order valence-electron chi connectivity index (χ1n) is 6.40. The molecule has 7 heteroatoms. The smallest absolute Gasteiger partial charge is 0.349 e. The Morgan fingerprint density at radius 1 is 1.23 bits per heavy atom. The van der Waals surface area contributed by atoms with Crippen LogP contribution in [0.4, 0.5) is 5.69 Å². The first-order chi connectivity index (χ1) is 10.4. The number of hydrogen-bond acceptors (Lipinski definition) is 4. The second kappa shape index (κ2) is 7.13. The molecule has 2 aromatic rings. The third-order valence-electron chi connectivity index (χ3n) is 2.78. The Balaban J connectivity index is 1.98. The van der Waals surface area contributed by atoms with Crippen molar-refractivity contribution < 1.29 is 14.3 Å². The average Bonchev–Trinajstić information content (AvgIpc) is 2.88. The Hall–Kier alpha value is -1.56. The molecule has 4 nitrogen and oxygen atoms in total. The molecule has 1 amide bonds. The first-order valence-corrected chi connectivity index (χ1v) is 7.97. The van der Waals surface area contributed by atoms with Crippen LogP contribution >= 0.6 is 34.5 Å². The number of aryl methyl sites for hydroxylation is 1. The van der Waals surface area contributed by atoms with Crippen LogP contribution in [0.15, 0.2) is 30.3 Å². The van der Waals surface area contributed by atoms with Crippen molar-refractivity contribution in [1.82, 2.24) is 0 Å². The molecule has 0 saturated heterocycles. The standard InChI is InChI=1S/C15H13Cl2NO3S/c1-8-3-6-13(22-8)15(20)21-9(2)14(19)18-12-5-4-10(16)7-11(12)17/h3-7,9H,1-2H3,(H,18,19)/t9-/m0/s1. The van der Waals surface area contributed by atoms with E-state index in [2.05, 4.69) is 5.32 Å². The van der Waals surface area contributed by atoms with E-state index in [1.165, 1.54) is 24.3 Å². The number of nitrogens with one attached hydrogen (secondary N) is 1. The van der Waals surface area contributed by atoms with Gasteiger partial charge in [-0.15, -0.1) is 11.3 Å². The lowest BCUT2D eigenvalue weighted by Gasteiger charge is -2.13. The van der Waals surface area contributed by atoms with Crippen LogP contribution in [0, 0.1) is 6.92 Å². The monoisotopic (exact) mass is 357 g/mol. The molecule has 0 saturated carbocycles. The van der Waals surface area contributed by atoms with Crippen molar-refractivity contribution in [1.29, 1.82) is 0 Å². The molecule has 22 heavy (non-hydrogen) atoms. The summed E-state index contributed by atoms with van der Waals surface area (Å²) >= 11 is 13.1. The number of anilines is 1. The maximum atomic E-state index is 12.0. The molecule has 1 aromatic heterocycles. The highest BCUT2D eigenvalue weighted by atomic mass is 35.5. The number of thiophene rings is 1. The zero-order valence-electron chi connectivity index (χ0n) is 11.9. The highest BCUT2D eigenvalue weighted by molar-refractivity contribution is 7.13. The largest absolute Gasteiger partial charge is 0.448 e. The molecule has 0 radical (unpaired) electrons. The number of carbonyl (C=O) groups excluding carboxylic acids is 2. The van der Waals surface area contributed by atoms with Crippen LogP contribution in [0.5, 0.6) is 0 Å². The summed E-state index contributed by atoms with van der Waals surface area (Å²) in [5, 5.41) is 3.38. The van der Waals surface area contributed by atoms with Crippen LogP contribution in [0.2, 0.25) is 10.0 Å². The molecule has 1 aromatic carbocycles. The fourth-order valence-electron chi connectivity index (χ4n) is 1.64. The van der Waals surface area contributed by atoms with Gasteiger partial charge < -0.3 is 10.1 Å². The summed E-state index contributed by atoms with van der Waals surface area (Å²) in [5.74, 6) is -0.992. The molecule has 1 N–H and O–H groups in total. The van der Waals surface area contributed by atoms with Gasteiger partial charge in [-0.2, -0.15) is 0 Å². The van der Waals surface area contributed by atoms with Crippen LogP contribution < -0.4 is 5.32 Å². The summed E-state index contributed by atoms with van der Waals surface area (Å²) < 4.78 is 5.14. The second-order valence-corrected chi connectivity index (χ2v) is 6.70. The predicted octanol–water partition coefficient (Wildman–Crippen LogP) is 4.55. The van der Waals surface area contributed by atoms with E-state index >= 15 is 0 Å². The van der Waals surface area contributed by atoms with E-state index in [1.807, 2.05) is 13.0 Å². The van der Waals surface area contributed by atoms with Crippen LogP contribution in [0.1, 0.15) is 21.5 Å². The third kappa shape index (κ3) is 4.22. The van der Waals surface area contributed by atoms with Gasteiger partial charge in [0, 0.05) is 9.90 Å². The van der Waals surface area contributed by atoms with E-state index in [0.717, 1.165) is 4.88 Å². The van der Waals surface area contributed by atoms with Crippen molar-refractivity contribution in [2.24, 2.45) is 0 Å². The lowest BCUT2D eigenvalue weighted by Crippen LogP contribution is -2.29. The van der Waals surface area contributed by atoms with Gasteiger partial charge in [-0.3, -0.25) is 4.79 Å². The van der Waals surface area contributed by atoms with E-state index in [1.54, 1.807) is 18.2 Å². The molecule has 1 atom stereocenters. The molecule has 116 valence electrons. The molecule has 0 aliphatic carbocycles. The van der Waals surface area contributed by atoms with E-state index in [-0.39, 0.29) is 0 Å². The number of benzene rings is 1. The Kier molecular flexibility index (Phi) is 5.45. The number of rotatable bonds is 4. The summed E-state index contributed by atoms with van der Waals surface area (Å²) in [6, 6.07) is 8.19. The van der Waals surface area contributed by atoms with Crippen LogP contribution in [0.25, 0.3) is 0 Å². The van der Waals surface area contributed by atoms with Gasteiger partial charge in [0.05, 0.1) is 10.7 Å². The summed E-state index contributed by atoms with van der Waals surface area (Å²) in [6.45, 7) is 3.39. The molecule has 0 spiro atoms. The quantitative estimate of drug-likeness (QED) is 0.816. The summed E-state index contributed by atoms with van der Waals surface area (Å²) in [7, 11) is 0. The lowest BCUT2D eigenvalue weighted by molar-refractivity contribution is -0.123. The maximum Gasteiger partial charge on any atom is 0.349 e. The first kappa shape index (κ1) is 16.8. The van der Waals surface area contributed by atoms with Gasteiger partial charge in [-0.05, 0) is 44.2 Å². The third-order valence-corrected chi connectivity index (χ3v) is 4.31. The highest BCUT2D eigenvalue weighted by Gasteiger charge is 2.20. The van der Waals surface area contributed by atoms with Gasteiger partial charge in [-0.25, -0.2) is 4.79 Å². The van der Waals surface area contributed by atoms with Crippen LogP contribution in [-0.4, -0.2) is 18.0 Å². The zero-order chi connectivity index (χ0) is 16.3. The Morgan fingerprint density at radius 3 is 2.55 bits per heavy atom. The van der Waals surface area contributed by atoms with E-state index in [0.29, 0.717) is 20.6 Å². The van der Waals surface area contributed by atoms with E-state index < -0.39 is 18.0 Å². The highest BCUT2D eigenvalue weighted by Crippen LogP contribution is 2.25. The van der Waals surface area contributed by atoms with Crippen molar-refractivity contribution in [3.05, 3.63) is 50.1 Å². The van der Waals surface area contributed by atoms with Crippen molar-refractivity contribution in [3.8, 4) is 0 Å². The molecule has 0 fully saturated rings. The number of ether oxygens (including phenoxy) is 1. The van der Waals surface area contributed by atoms with E-state index in [9.17, 15) is 9.59 Å². The molecular weight excluding hydrogens is 345 g/mol. The van der Waals surface area contributed by atoms with Crippen LogP contribution in [-0.2, 0) is 9.53 Å². The number of halogens is 2. The molecule has 2 rings (SSSR count). The minimum Gasteiger partial charge on any atom is -0.448 e. The van der Waals surface area contributed by atoms with Crippen molar-refractivity contribution >= 4 is 52.1 Å². The minimum atomic E-state index is -0.943. The molecule has 0 bridgehead atoms. The Labute approximate surface area is 142 Å². The normalized spacial score (nSPS) is 11.8. The molecule has 0 unspecified atom stereocenters. The summed E-state index contributed by atoms with van der Waals surface area (Å²) in [6.07, 6.45) is -0.943. The van der Waals surface area contributed by atoms with Crippen molar-refractivity contribution in [2.45, 2.75) is 20.0 Å². The van der Waals surface area contributed by atoms with Gasteiger partial charge in [0.25, 0.3) is 5.91 Å². The fraction of sp³-hybridized carbons (Fsp3) is 0.200. The summed E-state index contributed by atoms with van der Waals surface area (Å²) in [5.41, 5.74) is 0.408. The average molecular weight is 358 g/mol. The topological polar surface area (TPSA) is 55.4 Å². The zero-order valence-corrected chi connectivity index (χ0v) is 14.2. The van der Waals surface area contributed by atoms with Gasteiger partial charge >= 0.3 is 5.97 Å². The van der Waals surface area contributed by atoms with Crippen molar-refractivity contribution in [2.75, 3.05) is 5.32 Å². The van der Waals surface area contributed by atoms with Gasteiger partial charge in [0.1, 0.15) is 4.88 Å². The molecule has 1 heterocycles. The fourth-order valence-corrected chi connectivity index (χ4v) is 2.85. The molecular formula is C15H13Cl2NO3S. The number of amides is 1. The number of esters is 1.